The fraction of sp³-hybridized carbons (Fsp3) is 1.00. The molecule has 3 nitrogen and oxygen atoms in total. The fourth-order valence-electron chi connectivity index (χ4n) is 1.15. The molecular formula is C9H23N3. The van der Waals surface area contributed by atoms with Gasteiger partial charge in [0.25, 0.3) is 0 Å². The number of nitrogens with one attached hydrogen (secondary N) is 1. The Morgan fingerprint density at radius 3 is 2.17 bits per heavy atom. The number of hydrazine groups is 1. The Hall–Kier alpha value is -0.120. The van der Waals surface area contributed by atoms with Crippen LogP contribution in [0.1, 0.15) is 33.1 Å². The lowest BCUT2D eigenvalue weighted by atomic mass is 10.4. The van der Waals surface area contributed by atoms with Crippen molar-refractivity contribution in [1.29, 1.82) is 0 Å². The number of hydrogen-bond donors (Lipinski definition) is 2. The molecule has 0 saturated heterocycles. The van der Waals surface area contributed by atoms with Gasteiger partial charge in [-0.1, -0.05) is 13.8 Å². The minimum Gasteiger partial charge on any atom is -0.330 e. The third-order valence-corrected chi connectivity index (χ3v) is 1.70. The van der Waals surface area contributed by atoms with Crippen molar-refractivity contribution >= 4 is 0 Å². The van der Waals surface area contributed by atoms with Gasteiger partial charge in [-0.05, 0) is 25.8 Å². The summed E-state index contributed by atoms with van der Waals surface area (Å²) in [6, 6.07) is 0. The summed E-state index contributed by atoms with van der Waals surface area (Å²) < 4.78 is 0. The van der Waals surface area contributed by atoms with Gasteiger partial charge < -0.3 is 5.73 Å². The molecule has 12 heavy (non-hydrogen) atoms. The van der Waals surface area contributed by atoms with E-state index in [1.807, 2.05) is 0 Å². The van der Waals surface area contributed by atoms with E-state index in [4.69, 9.17) is 5.73 Å². The lowest BCUT2D eigenvalue weighted by molar-refractivity contribution is 0.187. The molecule has 0 heterocycles. The molecule has 0 aliphatic heterocycles. The van der Waals surface area contributed by atoms with Crippen molar-refractivity contribution in [1.82, 2.24) is 10.4 Å². The molecule has 0 aliphatic carbocycles. The van der Waals surface area contributed by atoms with Crippen LogP contribution in [0.15, 0.2) is 0 Å². The van der Waals surface area contributed by atoms with Gasteiger partial charge in [-0.25, -0.2) is 5.01 Å². The van der Waals surface area contributed by atoms with Crippen LogP contribution in [-0.4, -0.2) is 31.2 Å². The van der Waals surface area contributed by atoms with Crippen molar-refractivity contribution in [3.8, 4) is 0 Å². The van der Waals surface area contributed by atoms with Crippen LogP contribution in [0.4, 0.5) is 0 Å². The molecule has 0 aromatic heterocycles. The van der Waals surface area contributed by atoms with Crippen molar-refractivity contribution < 1.29 is 0 Å². The van der Waals surface area contributed by atoms with E-state index in [2.05, 4.69) is 24.3 Å². The standard InChI is InChI=1S/C9H23N3/c1-3-8-12(9-4-2)11-7-5-6-10/h11H,3-10H2,1-2H3. The van der Waals surface area contributed by atoms with Crippen molar-refractivity contribution in [2.24, 2.45) is 5.73 Å². The molecule has 0 spiro atoms. The van der Waals surface area contributed by atoms with Gasteiger partial charge in [-0.3, -0.25) is 5.43 Å². The van der Waals surface area contributed by atoms with Crippen LogP contribution < -0.4 is 11.2 Å². The van der Waals surface area contributed by atoms with Gasteiger partial charge in [0.15, 0.2) is 0 Å². The summed E-state index contributed by atoms with van der Waals surface area (Å²) in [5.74, 6) is 0. The van der Waals surface area contributed by atoms with Gasteiger partial charge in [0, 0.05) is 19.6 Å². The Morgan fingerprint density at radius 1 is 1.17 bits per heavy atom. The zero-order valence-electron chi connectivity index (χ0n) is 8.47. The number of hydrogen-bond acceptors (Lipinski definition) is 3. The van der Waals surface area contributed by atoms with E-state index >= 15 is 0 Å². The van der Waals surface area contributed by atoms with Gasteiger partial charge in [0.2, 0.25) is 0 Å². The van der Waals surface area contributed by atoms with Crippen LogP contribution in [0.3, 0.4) is 0 Å². The third-order valence-electron chi connectivity index (χ3n) is 1.70. The topological polar surface area (TPSA) is 41.3 Å². The van der Waals surface area contributed by atoms with E-state index in [1.54, 1.807) is 0 Å². The van der Waals surface area contributed by atoms with Crippen LogP contribution in [0.25, 0.3) is 0 Å². The lowest BCUT2D eigenvalue weighted by Gasteiger charge is -2.21. The van der Waals surface area contributed by atoms with Gasteiger partial charge in [0.1, 0.15) is 0 Å². The molecule has 0 aliphatic rings. The van der Waals surface area contributed by atoms with Crippen LogP contribution in [0.2, 0.25) is 0 Å². The molecule has 0 aromatic carbocycles. The smallest absolute Gasteiger partial charge is 0.0128 e. The number of nitrogens with two attached hydrogens (primary N) is 1. The van der Waals surface area contributed by atoms with E-state index in [-0.39, 0.29) is 0 Å². The summed E-state index contributed by atoms with van der Waals surface area (Å²) in [5.41, 5.74) is 8.78. The first-order valence-corrected chi connectivity index (χ1v) is 5.03. The lowest BCUT2D eigenvalue weighted by Crippen LogP contribution is -2.40. The quantitative estimate of drug-likeness (QED) is 0.424. The van der Waals surface area contributed by atoms with Crippen LogP contribution in [-0.2, 0) is 0 Å². The second-order valence-corrected chi connectivity index (χ2v) is 3.04. The molecule has 0 atom stereocenters. The molecule has 0 aromatic rings. The molecule has 3 heteroatoms. The Kier molecular flexibility index (Phi) is 8.88. The average molecular weight is 173 g/mol. The highest BCUT2D eigenvalue weighted by molar-refractivity contribution is 4.51. The molecule has 3 N–H and O–H groups in total. The molecule has 0 radical (unpaired) electrons. The van der Waals surface area contributed by atoms with Gasteiger partial charge in [-0.15, -0.1) is 0 Å². The highest BCUT2D eigenvalue weighted by Crippen LogP contribution is 1.89. The molecule has 0 fully saturated rings. The maximum Gasteiger partial charge on any atom is 0.0128 e. The summed E-state index contributed by atoms with van der Waals surface area (Å²) >= 11 is 0. The van der Waals surface area contributed by atoms with E-state index in [0.717, 1.165) is 32.6 Å². The Morgan fingerprint density at radius 2 is 1.75 bits per heavy atom. The zero-order valence-corrected chi connectivity index (χ0v) is 8.47. The Labute approximate surface area is 76.3 Å². The van der Waals surface area contributed by atoms with Gasteiger partial charge in [-0.2, -0.15) is 0 Å². The van der Waals surface area contributed by atoms with E-state index in [1.165, 1.54) is 12.8 Å². The summed E-state index contributed by atoms with van der Waals surface area (Å²) in [6.07, 6.45) is 3.47. The Bertz CT molecular complexity index is 79.8. The second kappa shape index (κ2) is 8.97. The first-order chi connectivity index (χ1) is 5.85. The average Bonchev–Trinajstić information content (AvgIpc) is 2.06. The van der Waals surface area contributed by atoms with E-state index in [9.17, 15) is 0 Å². The third kappa shape index (κ3) is 6.58. The zero-order chi connectivity index (χ0) is 9.23. The highest BCUT2D eigenvalue weighted by atomic mass is 15.5. The fourth-order valence-corrected chi connectivity index (χ4v) is 1.15. The SMILES string of the molecule is CCCN(CCC)NCCCN. The molecular weight excluding hydrogens is 150 g/mol. The second-order valence-electron chi connectivity index (χ2n) is 3.04. The molecule has 0 rings (SSSR count). The molecule has 0 unspecified atom stereocenters. The van der Waals surface area contributed by atoms with Gasteiger partial charge >= 0.3 is 0 Å². The van der Waals surface area contributed by atoms with Crippen molar-refractivity contribution in [2.75, 3.05) is 26.2 Å². The minimum absolute atomic E-state index is 0.777. The summed E-state index contributed by atoms with van der Waals surface area (Å²) in [6.45, 7) is 8.47. The van der Waals surface area contributed by atoms with Crippen LogP contribution >= 0.6 is 0 Å². The van der Waals surface area contributed by atoms with Crippen molar-refractivity contribution in [2.45, 2.75) is 33.1 Å². The van der Waals surface area contributed by atoms with Crippen molar-refractivity contribution in [3.05, 3.63) is 0 Å². The van der Waals surface area contributed by atoms with Crippen LogP contribution in [0, 0.1) is 0 Å². The Balaban J connectivity index is 3.34. The van der Waals surface area contributed by atoms with Crippen molar-refractivity contribution in [3.63, 3.8) is 0 Å². The molecule has 0 saturated carbocycles. The predicted octanol–water partition coefficient (Wildman–Crippen LogP) is 0.962. The molecule has 74 valence electrons. The highest BCUT2D eigenvalue weighted by Gasteiger charge is 1.99. The normalized spacial score (nSPS) is 11.0. The van der Waals surface area contributed by atoms with E-state index < -0.39 is 0 Å². The number of nitrogens with zero attached hydrogens (tertiary/aromatic N) is 1. The predicted molar refractivity (Wildman–Crippen MR) is 53.8 cm³/mol. The van der Waals surface area contributed by atoms with Gasteiger partial charge in [0.05, 0.1) is 0 Å². The summed E-state index contributed by atoms with van der Waals surface area (Å²) in [7, 11) is 0. The maximum absolute atomic E-state index is 5.40. The molecule has 0 amide bonds. The summed E-state index contributed by atoms with van der Waals surface area (Å²) in [5, 5.41) is 2.29. The first-order valence-electron chi connectivity index (χ1n) is 5.03. The summed E-state index contributed by atoms with van der Waals surface area (Å²) in [4.78, 5) is 0. The largest absolute Gasteiger partial charge is 0.330 e. The number of rotatable bonds is 8. The van der Waals surface area contributed by atoms with E-state index in [0.29, 0.717) is 0 Å². The maximum atomic E-state index is 5.40. The molecule has 0 bridgehead atoms. The first kappa shape index (κ1) is 11.9. The monoisotopic (exact) mass is 173 g/mol. The van der Waals surface area contributed by atoms with Crippen LogP contribution in [0.5, 0.6) is 0 Å². The minimum atomic E-state index is 0.777.